The van der Waals surface area contributed by atoms with Crippen LogP contribution in [-0.2, 0) is 33.3 Å². The van der Waals surface area contributed by atoms with Gasteiger partial charge in [-0.2, -0.15) is 0 Å². The topological polar surface area (TPSA) is 209 Å². The number of hydrogen-bond donors (Lipinski definition) is 3. The molecule has 2 heterocycles. The molecule has 0 fully saturated rings. The first-order valence-corrected chi connectivity index (χ1v) is 21.9. The van der Waals surface area contributed by atoms with Crippen molar-refractivity contribution in [3.8, 4) is 0 Å². The lowest BCUT2D eigenvalue weighted by Crippen LogP contribution is -2.33. The monoisotopic (exact) mass is 865 g/mol. The van der Waals surface area contributed by atoms with Gasteiger partial charge in [-0.05, 0) is 98.8 Å². The molecule has 0 radical (unpaired) electrons. The van der Waals surface area contributed by atoms with Crippen LogP contribution in [0.15, 0.2) is 156 Å². The van der Waals surface area contributed by atoms with Crippen molar-refractivity contribution in [3.63, 3.8) is 0 Å². The Balaban J connectivity index is 0.000000301. The SMILES string of the molecule is CCC[n+]1cccc(NC(=O)c2ccc(NC(=O)c3ccc(C(=O)Nc4ccc[n+](CCC)c4)cc3)cc2)c1.Cc1ccc(S(=O)(=O)[O-])cc1.Cc1ccc(S(=O)(=O)[O-])cc1. The Morgan fingerprint density at radius 2 is 0.787 bits per heavy atom. The Kier molecular flexibility index (Phi) is 17.1. The Morgan fingerprint density at radius 1 is 0.475 bits per heavy atom. The Bertz CT molecular complexity index is 2560. The number of nitrogens with one attached hydrogen (secondary N) is 3. The summed E-state index contributed by atoms with van der Waals surface area (Å²) >= 11 is 0. The smallest absolute Gasteiger partial charge is 0.255 e. The van der Waals surface area contributed by atoms with Crippen LogP contribution in [-0.4, -0.2) is 43.7 Å². The number of aromatic nitrogens is 2. The number of nitrogens with zero attached hydrogens (tertiary/aromatic N) is 2. The number of carbonyl (C=O) groups excluding carboxylic acids is 3. The van der Waals surface area contributed by atoms with E-state index in [4.69, 9.17) is 0 Å². The van der Waals surface area contributed by atoms with Crippen LogP contribution < -0.4 is 25.1 Å². The molecule has 0 aliphatic carbocycles. The summed E-state index contributed by atoms with van der Waals surface area (Å²) in [6.45, 7) is 9.58. The summed E-state index contributed by atoms with van der Waals surface area (Å²) in [7, 11) is -8.54. The first-order valence-electron chi connectivity index (χ1n) is 19.1. The molecular formula is C45H47N5O9S2. The highest BCUT2D eigenvalue weighted by Crippen LogP contribution is 2.15. The molecule has 0 atom stereocenters. The van der Waals surface area contributed by atoms with Crippen molar-refractivity contribution in [3.05, 3.63) is 174 Å². The minimum absolute atomic E-state index is 0.178. The summed E-state index contributed by atoms with van der Waals surface area (Å²) in [5, 5.41) is 8.61. The summed E-state index contributed by atoms with van der Waals surface area (Å²) in [6, 6.07) is 32.2. The van der Waals surface area contributed by atoms with E-state index in [1.807, 2.05) is 72.0 Å². The highest BCUT2D eigenvalue weighted by molar-refractivity contribution is 7.86. The number of anilines is 3. The van der Waals surface area contributed by atoms with E-state index >= 15 is 0 Å². The average Bonchev–Trinajstić information content (AvgIpc) is 3.22. The van der Waals surface area contributed by atoms with E-state index in [1.165, 1.54) is 24.3 Å². The molecule has 61 heavy (non-hydrogen) atoms. The number of amides is 3. The highest BCUT2D eigenvalue weighted by Gasteiger charge is 2.13. The van der Waals surface area contributed by atoms with E-state index in [9.17, 15) is 40.3 Å². The molecule has 0 aliphatic heterocycles. The molecule has 0 bridgehead atoms. The molecule has 0 saturated carbocycles. The molecule has 4 aromatic carbocycles. The average molecular weight is 866 g/mol. The molecule has 6 rings (SSSR count). The highest BCUT2D eigenvalue weighted by atomic mass is 32.2. The van der Waals surface area contributed by atoms with E-state index in [1.54, 1.807) is 72.8 Å². The van der Waals surface area contributed by atoms with Gasteiger partial charge in [0.05, 0.1) is 9.79 Å². The molecule has 3 N–H and O–H groups in total. The maximum atomic E-state index is 12.7. The van der Waals surface area contributed by atoms with Crippen molar-refractivity contribution in [2.45, 2.75) is 63.4 Å². The lowest BCUT2D eigenvalue weighted by atomic mass is 10.1. The summed E-state index contributed by atoms with van der Waals surface area (Å²) in [5.41, 5.74) is 5.18. The molecule has 2 aromatic heterocycles. The predicted molar refractivity (Wildman–Crippen MR) is 229 cm³/mol. The van der Waals surface area contributed by atoms with Crippen LogP contribution in [0.25, 0.3) is 0 Å². The van der Waals surface area contributed by atoms with Crippen LogP contribution in [0.1, 0.15) is 68.9 Å². The number of benzene rings is 4. The van der Waals surface area contributed by atoms with Gasteiger partial charge in [0, 0.05) is 47.4 Å². The Morgan fingerprint density at radius 3 is 1.10 bits per heavy atom. The third-order valence-electron chi connectivity index (χ3n) is 8.63. The van der Waals surface area contributed by atoms with Gasteiger partial charge in [-0.25, -0.2) is 26.0 Å². The first-order chi connectivity index (χ1) is 28.9. The minimum atomic E-state index is -4.27. The van der Waals surface area contributed by atoms with E-state index in [0.717, 1.165) is 37.1 Å². The van der Waals surface area contributed by atoms with Crippen LogP contribution in [0, 0.1) is 13.8 Å². The quantitative estimate of drug-likeness (QED) is 0.0889. The maximum Gasteiger partial charge on any atom is 0.255 e. The molecule has 0 aliphatic rings. The van der Waals surface area contributed by atoms with Gasteiger partial charge < -0.3 is 25.1 Å². The van der Waals surface area contributed by atoms with Gasteiger partial charge in [-0.15, -0.1) is 0 Å². The van der Waals surface area contributed by atoms with Gasteiger partial charge in [0.15, 0.2) is 24.8 Å². The second kappa shape index (κ2) is 22.1. The molecular weight excluding hydrogens is 819 g/mol. The second-order valence-corrected chi connectivity index (χ2v) is 16.5. The van der Waals surface area contributed by atoms with Gasteiger partial charge >= 0.3 is 0 Å². The number of hydrogen-bond acceptors (Lipinski definition) is 9. The maximum absolute atomic E-state index is 12.7. The van der Waals surface area contributed by atoms with E-state index in [2.05, 4.69) is 29.8 Å². The van der Waals surface area contributed by atoms with Gasteiger partial charge in [-0.3, -0.25) is 14.4 Å². The van der Waals surface area contributed by atoms with Crippen LogP contribution in [0.5, 0.6) is 0 Å². The standard InChI is InChI=1S/C31H31N5O3.2C7H8O3S/c1-3-17-35-19-5-7-27(21-35)33-30(38)24-11-9-23(10-12-24)29(37)32-26-15-13-25(14-16-26)31(39)34-28-8-6-20-36(22-28)18-4-2;2*1-6-2-4-7(5-3-6)11(8,9)10/h5-16,19-22H,3-4,17-18H2,1-2H3,(H-2,32,33,34,37,38,39);2*2-5H,1H3,(H,8,9,10). The largest absolute Gasteiger partial charge is 0.744 e. The zero-order valence-electron chi connectivity index (χ0n) is 34.1. The third kappa shape index (κ3) is 15.5. The zero-order valence-corrected chi connectivity index (χ0v) is 35.7. The van der Waals surface area contributed by atoms with Crippen LogP contribution >= 0.6 is 0 Å². The zero-order chi connectivity index (χ0) is 44.6. The van der Waals surface area contributed by atoms with Crippen molar-refractivity contribution in [1.82, 2.24) is 0 Å². The van der Waals surface area contributed by atoms with E-state index in [0.29, 0.717) is 33.8 Å². The fourth-order valence-electron chi connectivity index (χ4n) is 5.48. The number of carbonyl (C=O) groups is 3. The summed E-state index contributed by atoms with van der Waals surface area (Å²) < 4.78 is 66.4. The van der Waals surface area contributed by atoms with Crippen molar-refractivity contribution < 1.29 is 49.5 Å². The molecule has 14 nitrogen and oxygen atoms in total. The Hall–Kier alpha value is -6.59. The van der Waals surface area contributed by atoms with Crippen molar-refractivity contribution in [1.29, 1.82) is 0 Å². The minimum Gasteiger partial charge on any atom is -0.744 e. The summed E-state index contributed by atoms with van der Waals surface area (Å²) in [6.07, 6.45) is 9.71. The van der Waals surface area contributed by atoms with Crippen LogP contribution in [0.3, 0.4) is 0 Å². The summed E-state index contributed by atoms with van der Waals surface area (Å²) in [5.74, 6) is -0.792. The predicted octanol–water partition coefficient (Wildman–Crippen LogP) is 6.64. The number of rotatable bonds is 12. The van der Waals surface area contributed by atoms with Gasteiger partial charge in [0.2, 0.25) is 0 Å². The molecule has 0 spiro atoms. The molecule has 6 aromatic rings. The first kappa shape index (κ1) is 47.1. The van der Waals surface area contributed by atoms with Crippen LogP contribution in [0.4, 0.5) is 17.1 Å². The normalized spacial score (nSPS) is 10.9. The molecule has 16 heteroatoms. The summed E-state index contributed by atoms with van der Waals surface area (Å²) in [4.78, 5) is 37.7. The van der Waals surface area contributed by atoms with E-state index < -0.39 is 20.2 Å². The fraction of sp³-hybridized carbons (Fsp3) is 0.178. The Labute approximate surface area is 356 Å². The van der Waals surface area contributed by atoms with Crippen molar-refractivity contribution >= 4 is 55.0 Å². The molecule has 0 unspecified atom stereocenters. The number of aryl methyl sites for hydroxylation is 4. The van der Waals surface area contributed by atoms with Gasteiger partial charge in [0.1, 0.15) is 44.7 Å². The lowest BCUT2D eigenvalue weighted by Gasteiger charge is -2.08. The van der Waals surface area contributed by atoms with Gasteiger partial charge in [-0.1, -0.05) is 49.2 Å². The van der Waals surface area contributed by atoms with Crippen molar-refractivity contribution in [2.24, 2.45) is 0 Å². The molecule has 318 valence electrons. The fourth-order valence-corrected chi connectivity index (χ4v) is 6.42. The van der Waals surface area contributed by atoms with Gasteiger partial charge in [0.25, 0.3) is 17.7 Å². The molecule has 3 amide bonds. The second-order valence-electron chi connectivity index (χ2n) is 13.7. The number of pyridine rings is 2. The molecule has 0 saturated heterocycles. The van der Waals surface area contributed by atoms with E-state index in [-0.39, 0.29) is 27.5 Å². The van der Waals surface area contributed by atoms with Crippen molar-refractivity contribution in [2.75, 3.05) is 16.0 Å². The third-order valence-corrected chi connectivity index (χ3v) is 10.3. The van der Waals surface area contributed by atoms with Crippen LogP contribution in [0.2, 0.25) is 0 Å². The lowest BCUT2D eigenvalue weighted by molar-refractivity contribution is -0.696.